The van der Waals surface area contributed by atoms with Gasteiger partial charge in [0.1, 0.15) is 5.82 Å². The third kappa shape index (κ3) is 4.44. The van der Waals surface area contributed by atoms with Crippen molar-refractivity contribution in [2.45, 2.75) is 31.2 Å². The fraction of sp³-hybridized carbons (Fsp3) is 0.600. The molecule has 26 heavy (non-hydrogen) atoms. The monoisotopic (exact) mass is 388 g/mol. The first kappa shape index (κ1) is 18.9. The Bertz CT molecular complexity index is 723. The van der Waals surface area contributed by atoms with Crippen LogP contribution in [-0.4, -0.2) is 57.5 Å². The largest absolute Gasteiger partial charge is 0.470 e. The number of alkyl halides is 3. The lowest BCUT2D eigenvalue weighted by molar-refractivity contribution is -0.157. The first-order chi connectivity index (χ1) is 12.4. The Morgan fingerprint density at radius 3 is 2.46 bits per heavy atom. The summed E-state index contributed by atoms with van der Waals surface area (Å²) in [7, 11) is 0. The van der Waals surface area contributed by atoms with E-state index in [1.807, 2.05) is 24.1 Å². The highest BCUT2D eigenvalue weighted by Crippen LogP contribution is 2.28. The van der Waals surface area contributed by atoms with Crippen LogP contribution in [0.1, 0.15) is 24.4 Å². The van der Waals surface area contributed by atoms with Gasteiger partial charge in [-0.25, -0.2) is 9.97 Å². The number of anilines is 1. The summed E-state index contributed by atoms with van der Waals surface area (Å²) in [6, 6.07) is 1.99. The van der Waals surface area contributed by atoms with Crippen LogP contribution >= 0.6 is 11.8 Å². The highest BCUT2D eigenvalue weighted by Gasteiger charge is 2.38. The van der Waals surface area contributed by atoms with Crippen molar-refractivity contribution in [3.05, 3.63) is 23.5 Å². The van der Waals surface area contributed by atoms with Crippen molar-refractivity contribution in [2.75, 3.05) is 37.3 Å². The normalized spacial score (nSPS) is 16.3. The van der Waals surface area contributed by atoms with E-state index in [-0.39, 0.29) is 12.4 Å². The minimum absolute atomic E-state index is 0.0225. The zero-order valence-corrected chi connectivity index (χ0v) is 15.3. The van der Waals surface area contributed by atoms with Gasteiger partial charge in [-0.1, -0.05) is 18.7 Å². The Balaban J connectivity index is 1.60. The van der Waals surface area contributed by atoms with E-state index in [4.69, 9.17) is 4.42 Å². The van der Waals surface area contributed by atoms with E-state index in [2.05, 4.69) is 25.1 Å². The van der Waals surface area contributed by atoms with Crippen molar-refractivity contribution in [3.8, 4) is 0 Å². The molecule has 0 atom stereocenters. The van der Waals surface area contributed by atoms with Gasteiger partial charge in [0.25, 0.3) is 0 Å². The van der Waals surface area contributed by atoms with Crippen LogP contribution in [0.25, 0.3) is 0 Å². The van der Waals surface area contributed by atoms with Crippen LogP contribution in [0.15, 0.2) is 15.6 Å². The summed E-state index contributed by atoms with van der Waals surface area (Å²) in [6.45, 7) is 5.03. The standard InChI is InChI=1S/C15H19F3N6OS/c1-3-10-8-11(20-14(19-10)26-2)24-6-4-23(5-7-24)9-12-21-22-13(25-12)15(16,17)18/h8H,3-7,9H2,1-2H3. The minimum Gasteiger partial charge on any atom is -0.416 e. The second-order valence-corrected chi connectivity index (χ2v) is 6.59. The summed E-state index contributed by atoms with van der Waals surface area (Å²) in [5, 5.41) is 7.28. The molecule has 3 rings (SSSR count). The average molecular weight is 388 g/mol. The number of hydrogen-bond acceptors (Lipinski definition) is 8. The summed E-state index contributed by atoms with van der Waals surface area (Å²) in [6.07, 6.45) is -1.83. The lowest BCUT2D eigenvalue weighted by Gasteiger charge is -2.34. The van der Waals surface area contributed by atoms with Crippen molar-refractivity contribution >= 4 is 17.6 Å². The summed E-state index contributed by atoms with van der Waals surface area (Å²) in [5.74, 6) is -0.437. The van der Waals surface area contributed by atoms with Crippen molar-refractivity contribution in [1.82, 2.24) is 25.1 Å². The number of nitrogens with zero attached hydrogens (tertiary/aromatic N) is 6. The van der Waals surface area contributed by atoms with Gasteiger partial charge in [0, 0.05) is 37.9 Å². The maximum absolute atomic E-state index is 12.5. The Morgan fingerprint density at radius 2 is 1.88 bits per heavy atom. The van der Waals surface area contributed by atoms with E-state index in [0.717, 1.165) is 23.1 Å². The molecule has 1 fully saturated rings. The smallest absolute Gasteiger partial charge is 0.416 e. The van der Waals surface area contributed by atoms with Crippen LogP contribution in [-0.2, 0) is 19.1 Å². The third-order valence-electron chi connectivity index (χ3n) is 4.05. The Morgan fingerprint density at radius 1 is 1.15 bits per heavy atom. The van der Waals surface area contributed by atoms with Crippen molar-refractivity contribution in [3.63, 3.8) is 0 Å². The zero-order chi connectivity index (χ0) is 18.7. The minimum atomic E-state index is -4.61. The van der Waals surface area contributed by atoms with Crippen LogP contribution < -0.4 is 4.90 Å². The van der Waals surface area contributed by atoms with Crippen LogP contribution in [0.4, 0.5) is 19.0 Å². The fourth-order valence-electron chi connectivity index (χ4n) is 2.65. The van der Waals surface area contributed by atoms with Gasteiger partial charge in [-0.3, -0.25) is 4.90 Å². The topological polar surface area (TPSA) is 71.2 Å². The lowest BCUT2D eigenvalue weighted by atomic mass is 10.2. The maximum atomic E-state index is 12.5. The molecule has 1 saturated heterocycles. The molecule has 0 aromatic carbocycles. The molecular weight excluding hydrogens is 369 g/mol. The van der Waals surface area contributed by atoms with Gasteiger partial charge in [0.05, 0.1) is 6.54 Å². The van der Waals surface area contributed by atoms with Gasteiger partial charge in [-0.15, -0.1) is 10.2 Å². The summed E-state index contributed by atoms with van der Waals surface area (Å²) < 4.78 is 42.2. The van der Waals surface area contributed by atoms with Crippen LogP contribution in [0.3, 0.4) is 0 Å². The van der Waals surface area contributed by atoms with Crippen LogP contribution in [0.5, 0.6) is 0 Å². The first-order valence-electron chi connectivity index (χ1n) is 8.18. The quantitative estimate of drug-likeness (QED) is 0.572. The molecule has 1 aliphatic rings. The molecular formula is C15H19F3N6OS. The van der Waals surface area contributed by atoms with E-state index >= 15 is 0 Å². The van der Waals surface area contributed by atoms with Crippen molar-refractivity contribution in [2.24, 2.45) is 0 Å². The summed E-state index contributed by atoms with van der Waals surface area (Å²) >= 11 is 1.50. The fourth-order valence-corrected chi connectivity index (χ4v) is 3.05. The van der Waals surface area contributed by atoms with Gasteiger partial charge < -0.3 is 9.32 Å². The molecule has 1 aliphatic heterocycles. The predicted octanol–water partition coefficient (Wildman–Crippen LogP) is 2.48. The van der Waals surface area contributed by atoms with E-state index in [9.17, 15) is 13.2 Å². The molecule has 0 bridgehead atoms. The van der Waals surface area contributed by atoms with Gasteiger partial charge in [0.2, 0.25) is 5.89 Å². The Labute approximate surface area is 153 Å². The molecule has 0 unspecified atom stereocenters. The van der Waals surface area contributed by atoms with Crippen molar-refractivity contribution in [1.29, 1.82) is 0 Å². The van der Waals surface area contributed by atoms with E-state index in [1.54, 1.807) is 0 Å². The van der Waals surface area contributed by atoms with E-state index in [0.29, 0.717) is 26.2 Å². The molecule has 11 heteroatoms. The molecule has 0 saturated carbocycles. The molecule has 7 nitrogen and oxygen atoms in total. The molecule has 0 N–H and O–H groups in total. The highest BCUT2D eigenvalue weighted by molar-refractivity contribution is 7.98. The molecule has 0 radical (unpaired) electrons. The average Bonchev–Trinajstić information content (AvgIpc) is 3.11. The number of rotatable bonds is 5. The number of thioether (sulfide) groups is 1. The molecule has 0 spiro atoms. The summed E-state index contributed by atoms with van der Waals surface area (Å²) in [4.78, 5) is 13.2. The van der Waals surface area contributed by atoms with E-state index in [1.165, 1.54) is 11.8 Å². The van der Waals surface area contributed by atoms with Gasteiger partial charge in [-0.05, 0) is 12.7 Å². The van der Waals surface area contributed by atoms with Crippen LogP contribution in [0, 0.1) is 0 Å². The Hall–Kier alpha value is -1.88. The van der Waals surface area contributed by atoms with Crippen LogP contribution in [0.2, 0.25) is 0 Å². The maximum Gasteiger partial charge on any atom is 0.470 e. The molecule has 2 aromatic heterocycles. The second-order valence-electron chi connectivity index (χ2n) is 5.82. The van der Waals surface area contributed by atoms with Gasteiger partial charge >= 0.3 is 12.1 Å². The molecule has 0 amide bonds. The Kier molecular flexibility index (Phi) is 5.66. The number of aromatic nitrogens is 4. The lowest BCUT2D eigenvalue weighted by Crippen LogP contribution is -2.46. The number of hydrogen-bond donors (Lipinski definition) is 0. The second kappa shape index (κ2) is 7.78. The van der Waals surface area contributed by atoms with Crippen molar-refractivity contribution < 1.29 is 17.6 Å². The number of halogens is 3. The predicted molar refractivity (Wildman–Crippen MR) is 90.0 cm³/mol. The number of piperazine rings is 1. The first-order valence-corrected chi connectivity index (χ1v) is 9.40. The van der Waals surface area contributed by atoms with E-state index < -0.39 is 12.1 Å². The summed E-state index contributed by atoms with van der Waals surface area (Å²) in [5.41, 5.74) is 0.993. The third-order valence-corrected chi connectivity index (χ3v) is 4.60. The highest BCUT2D eigenvalue weighted by atomic mass is 32.2. The molecule has 0 aliphatic carbocycles. The number of aryl methyl sites for hydroxylation is 1. The van der Waals surface area contributed by atoms with Gasteiger partial charge in [-0.2, -0.15) is 13.2 Å². The molecule has 142 valence electrons. The zero-order valence-electron chi connectivity index (χ0n) is 14.5. The molecule has 2 aromatic rings. The van der Waals surface area contributed by atoms with Gasteiger partial charge in [0.15, 0.2) is 5.16 Å². The SMILES string of the molecule is CCc1cc(N2CCN(Cc3nnc(C(F)(F)F)o3)CC2)nc(SC)n1. The molecule has 3 heterocycles.